The molecule has 1 saturated heterocycles. The van der Waals surface area contributed by atoms with Gasteiger partial charge < -0.3 is 71.2 Å². The van der Waals surface area contributed by atoms with Crippen molar-refractivity contribution in [2.45, 2.75) is 102 Å². The molecule has 3 aliphatic rings. The van der Waals surface area contributed by atoms with Crippen LogP contribution in [0, 0.1) is 10.8 Å². The lowest BCUT2D eigenvalue weighted by Gasteiger charge is -2.29. The molecule has 0 saturated carbocycles. The van der Waals surface area contributed by atoms with Gasteiger partial charge in [0.05, 0.1) is 22.7 Å². The zero-order chi connectivity index (χ0) is 46.7. The first-order chi connectivity index (χ1) is 28.9. The Morgan fingerprint density at radius 3 is 1.81 bits per heavy atom. The third-order valence-electron chi connectivity index (χ3n) is 9.96. The first-order valence-corrected chi connectivity index (χ1v) is 20.2. The molecule has 1 fully saturated rings. The fourth-order valence-electron chi connectivity index (χ4n) is 6.39. The molecule has 10 atom stereocenters. The molecule has 0 aromatic heterocycles. The number of methoxy groups -OCH3 is 2. The van der Waals surface area contributed by atoms with Crippen LogP contribution in [-0.4, -0.2) is 152 Å². The number of likely N-dealkylation sites (N-methyl/N-ethyl adjacent to an activating group) is 2. The number of cyclic esters (lactones) is 1. The lowest BCUT2D eigenvalue weighted by Crippen LogP contribution is -2.57. The maximum atomic E-state index is 12.8. The Balaban J connectivity index is 0.000000357. The van der Waals surface area contributed by atoms with Crippen molar-refractivity contribution in [1.82, 2.24) is 5.32 Å². The van der Waals surface area contributed by atoms with Gasteiger partial charge in [-0.05, 0) is 35.1 Å². The largest absolute Gasteiger partial charge is 0.454 e. The van der Waals surface area contributed by atoms with E-state index < -0.39 is 72.8 Å². The normalized spacial score (nSPS) is 23.6. The van der Waals surface area contributed by atoms with Crippen molar-refractivity contribution in [3.05, 3.63) is 72.8 Å². The van der Waals surface area contributed by atoms with E-state index >= 15 is 0 Å². The number of hydrogen-bond acceptors (Lipinski definition) is 15. The number of esters is 1. The quantitative estimate of drug-likeness (QED) is 0.120. The van der Waals surface area contributed by atoms with Gasteiger partial charge in [-0.15, -0.1) is 12.4 Å². The Morgan fingerprint density at radius 1 is 0.825 bits per heavy atom. The number of carbonyl (C=O) groups excluding carboxylic acids is 4. The van der Waals surface area contributed by atoms with Gasteiger partial charge in [0, 0.05) is 41.4 Å². The van der Waals surface area contributed by atoms with Gasteiger partial charge in [0.2, 0.25) is 5.91 Å². The maximum absolute atomic E-state index is 12.8. The van der Waals surface area contributed by atoms with E-state index in [1.165, 1.54) is 31.3 Å². The monoisotopic (exact) mass is 906 g/mol. The summed E-state index contributed by atoms with van der Waals surface area (Å²) in [5.74, 6) is -1.82. The van der Waals surface area contributed by atoms with Crippen LogP contribution in [0.4, 0.5) is 22.7 Å². The van der Waals surface area contributed by atoms with Gasteiger partial charge in [0.15, 0.2) is 18.3 Å². The number of hydrogen-bond donors (Lipinski definition) is 9. The fraction of sp³-hybridized carbons (Fsp3) is 0.545. The summed E-state index contributed by atoms with van der Waals surface area (Å²) >= 11 is 0. The van der Waals surface area contributed by atoms with Crippen LogP contribution in [0.5, 0.6) is 0 Å². The van der Waals surface area contributed by atoms with Crippen LogP contribution < -0.4 is 31.5 Å². The number of nitrogens with two attached hydrogens (primary N) is 1. The van der Waals surface area contributed by atoms with Crippen molar-refractivity contribution in [2.75, 3.05) is 61.8 Å². The number of anilines is 4. The van der Waals surface area contributed by atoms with Crippen LogP contribution in [0.3, 0.4) is 0 Å². The number of fused-ring (bicyclic) bond motifs is 2. The van der Waals surface area contributed by atoms with E-state index in [4.69, 9.17) is 19.9 Å². The van der Waals surface area contributed by atoms with Crippen molar-refractivity contribution < 1.29 is 58.9 Å². The summed E-state index contributed by atoms with van der Waals surface area (Å²) in [6.45, 7) is 12.3. The van der Waals surface area contributed by atoms with Crippen molar-refractivity contribution in [3.8, 4) is 0 Å². The number of ether oxygens (including phenoxy) is 3. The predicted molar refractivity (Wildman–Crippen MR) is 243 cm³/mol. The predicted octanol–water partition coefficient (Wildman–Crippen LogP) is 1.33. The molecule has 3 amide bonds. The number of benzene rings is 2. The highest BCUT2D eigenvalue weighted by molar-refractivity contribution is 6.03. The molecule has 3 aliphatic heterocycles. The number of nitrogens with zero attached hydrogens (tertiary/aromatic N) is 2. The van der Waals surface area contributed by atoms with Crippen LogP contribution in [0.15, 0.2) is 72.8 Å². The number of aliphatic hydroxyl groups excluding tert-OH is 5. The molecule has 2 aromatic carbocycles. The fourth-order valence-corrected chi connectivity index (χ4v) is 6.39. The van der Waals surface area contributed by atoms with Gasteiger partial charge in [0.25, 0.3) is 11.8 Å². The molecule has 10 N–H and O–H groups in total. The van der Waals surface area contributed by atoms with E-state index in [0.717, 1.165) is 17.1 Å². The summed E-state index contributed by atoms with van der Waals surface area (Å²) in [6, 6.07) is 13.5. The summed E-state index contributed by atoms with van der Waals surface area (Å²) in [5.41, 5.74) is 8.64. The SMILES string of the molecule is CN1C(=O)[C@@H](N)CNc2ccccc21.CO[C@@H](C(=O)N[C@H]1CNc2ccccc2N(C)C1=O)[C@H](O)[C@@H](O)[C@H](O)/C=C/C(C)(C)C.CO[C@H]1C(=O)O[C@@H]([C@H](O)/C=C/C(C)(C)C)[C@H]1O.Cl. The number of allylic oxidation sites excluding steroid dienone is 2. The summed E-state index contributed by atoms with van der Waals surface area (Å²) in [6.07, 6.45) is -4.04. The van der Waals surface area contributed by atoms with Crippen molar-refractivity contribution in [1.29, 1.82) is 0 Å². The minimum Gasteiger partial charge on any atom is -0.454 e. The number of para-hydroxylation sites is 4. The third-order valence-corrected chi connectivity index (χ3v) is 9.96. The van der Waals surface area contributed by atoms with E-state index in [0.29, 0.717) is 12.2 Å². The molecule has 63 heavy (non-hydrogen) atoms. The minimum atomic E-state index is -1.71. The number of nitrogens with one attached hydrogen (secondary N) is 3. The van der Waals surface area contributed by atoms with Gasteiger partial charge in [-0.1, -0.05) is 90.1 Å². The highest BCUT2D eigenvalue weighted by Crippen LogP contribution is 2.29. The smallest absolute Gasteiger partial charge is 0.338 e. The maximum Gasteiger partial charge on any atom is 0.338 e. The number of rotatable bonds is 10. The van der Waals surface area contributed by atoms with Crippen LogP contribution in [0.25, 0.3) is 0 Å². The van der Waals surface area contributed by atoms with Gasteiger partial charge in [-0.2, -0.15) is 0 Å². The minimum absolute atomic E-state index is 0. The van der Waals surface area contributed by atoms with Crippen molar-refractivity contribution >= 4 is 58.8 Å². The molecule has 2 aromatic rings. The Hall–Kier alpha value is -4.63. The number of aliphatic hydroxyl groups is 5. The van der Waals surface area contributed by atoms with Crippen LogP contribution >= 0.6 is 12.4 Å². The average Bonchev–Trinajstić information content (AvgIpc) is 3.40. The molecule has 18 nitrogen and oxygen atoms in total. The lowest BCUT2D eigenvalue weighted by atomic mass is 9.94. The molecule has 0 bridgehead atoms. The van der Waals surface area contributed by atoms with Gasteiger partial charge in [-0.25, -0.2) is 4.79 Å². The zero-order valence-corrected chi connectivity index (χ0v) is 38.4. The molecule has 5 rings (SSSR count). The first kappa shape index (κ1) is 54.5. The number of halogens is 1. The highest BCUT2D eigenvalue weighted by Gasteiger charge is 2.47. The Kier molecular flexibility index (Phi) is 20.7. The molecular formula is C44H67ClN6O12. The van der Waals surface area contributed by atoms with Crippen molar-refractivity contribution in [3.63, 3.8) is 0 Å². The molecular weight excluding hydrogens is 840 g/mol. The van der Waals surface area contributed by atoms with E-state index in [-0.39, 0.29) is 41.6 Å². The Morgan fingerprint density at radius 2 is 1.32 bits per heavy atom. The van der Waals surface area contributed by atoms with Crippen LogP contribution in [0.1, 0.15) is 41.5 Å². The summed E-state index contributed by atoms with van der Waals surface area (Å²) in [5, 5.41) is 59.3. The second kappa shape index (κ2) is 23.9. The Bertz CT molecular complexity index is 1890. The molecule has 19 heteroatoms. The van der Waals surface area contributed by atoms with Crippen LogP contribution in [0.2, 0.25) is 0 Å². The number of amides is 3. The summed E-state index contributed by atoms with van der Waals surface area (Å²) in [7, 11) is 5.87. The van der Waals surface area contributed by atoms with Gasteiger partial charge >= 0.3 is 5.97 Å². The highest BCUT2D eigenvalue weighted by atomic mass is 35.5. The molecule has 3 heterocycles. The van der Waals surface area contributed by atoms with E-state index in [9.17, 15) is 44.7 Å². The molecule has 0 unspecified atom stereocenters. The molecule has 0 radical (unpaired) electrons. The van der Waals surface area contributed by atoms with Crippen molar-refractivity contribution in [2.24, 2.45) is 16.6 Å². The average molecular weight is 908 g/mol. The molecule has 352 valence electrons. The zero-order valence-electron chi connectivity index (χ0n) is 37.6. The second-order valence-electron chi connectivity index (χ2n) is 17.4. The molecule has 0 spiro atoms. The Labute approximate surface area is 375 Å². The third kappa shape index (κ3) is 15.3. The van der Waals surface area contributed by atoms with Gasteiger partial charge in [-0.3, -0.25) is 14.4 Å². The van der Waals surface area contributed by atoms with E-state index in [2.05, 4.69) is 16.0 Å². The number of carbonyl (C=O) groups is 4. The summed E-state index contributed by atoms with van der Waals surface area (Å²) < 4.78 is 14.8. The van der Waals surface area contributed by atoms with E-state index in [1.54, 1.807) is 43.3 Å². The topological polar surface area (TPSA) is 266 Å². The van der Waals surface area contributed by atoms with Gasteiger partial charge in [0.1, 0.15) is 42.6 Å². The summed E-state index contributed by atoms with van der Waals surface area (Å²) in [4.78, 5) is 51.6. The lowest BCUT2D eigenvalue weighted by molar-refractivity contribution is -0.151. The first-order valence-electron chi connectivity index (χ1n) is 20.2. The standard InChI is InChI=1S/C22H33N3O6.C12H20O5.C10H13N3O.ClH/c1-22(2,3)11-10-16(26)17(27)18(28)19(31-5)20(29)24-14-12-23-13-8-6-7-9-15(13)25(4)21(14)30;1-12(2,3)6-5-7(13)9-8(14)10(16-4)11(15)17-9;1-13-9-5-3-2-4-8(9)12-6-7(11)10(13)14;/h6-11,14,16-19,23,26-28H,12H2,1-5H3,(H,24,29);5-10,13-14H,1-4H3;2-5,7,12H,6,11H2,1H3;1H/b11-10+;6-5+;;/t14-,16+,17-,18+,19+;7-,8-,9+,10-;7-;/m010./s1. The second-order valence-corrected chi connectivity index (χ2v) is 17.4. The van der Waals surface area contributed by atoms with E-state index in [1.807, 2.05) is 77.9 Å². The molecule has 0 aliphatic carbocycles. The van der Waals surface area contributed by atoms with Crippen LogP contribution in [-0.2, 0) is 33.4 Å².